The number of benzene rings is 1. The topological polar surface area (TPSA) is 136 Å². The van der Waals surface area contributed by atoms with Crippen molar-refractivity contribution in [3.05, 3.63) is 29.6 Å². The van der Waals surface area contributed by atoms with Crippen molar-refractivity contribution in [3.8, 4) is 0 Å². The van der Waals surface area contributed by atoms with Crippen LogP contribution in [0.2, 0.25) is 0 Å². The first-order chi connectivity index (χ1) is 8.56. The monoisotopic (exact) mass is 247 g/mol. The molecule has 0 radical (unpaired) electrons. The summed E-state index contributed by atoms with van der Waals surface area (Å²) in [4.78, 5) is 11.9. The first kappa shape index (κ1) is 11.8. The summed E-state index contributed by atoms with van der Waals surface area (Å²) in [6.45, 7) is 1.75. The lowest BCUT2D eigenvalue weighted by atomic mass is 10.1. The predicted molar refractivity (Wildman–Crippen MR) is 65.3 cm³/mol. The maximum absolute atomic E-state index is 11.9. The minimum Gasteiger partial charge on any atom is -0.399 e. The van der Waals surface area contributed by atoms with Crippen molar-refractivity contribution in [3.63, 3.8) is 0 Å². The average molecular weight is 247 g/mol. The number of H-pyrrole nitrogens is 1. The van der Waals surface area contributed by atoms with E-state index in [1.807, 2.05) is 0 Å². The number of nitrogens with zero attached hydrogens (tertiary/aromatic N) is 3. The second-order valence-electron chi connectivity index (χ2n) is 3.85. The van der Waals surface area contributed by atoms with E-state index in [9.17, 15) is 4.79 Å². The van der Waals surface area contributed by atoms with Crippen LogP contribution in [0.1, 0.15) is 29.1 Å². The maximum Gasteiger partial charge on any atom is 0.252 e. The zero-order chi connectivity index (χ0) is 13.1. The van der Waals surface area contributed by atoms with Crippen LogP contribution in [0.5, 0.6) is 0 Å². The zero-order valence-corrected chi connectivity index (χ0v) is 9.71. The molecular weight excluding hydrogens is 234 g/mol. The summed E-state index contributed by atoms with van der Waals surface area (Å²) in [5.74, 6) is 0.103. The summed E-state index contributed by atoms with van der Waals surface area (Å²) in [6.07, 6.45) is 0. The molecular formula is C10H13N7O. The fraction of sp³-hybridized carbons (Fsp3) is 0.200. The molecule has 0 fully saturated rings. The number of aromatic amines is 1. The number of nitrogens with one attached hydrogen (secondary N) is 2. The van der Waals surface area contributed by atoms with Gasteiger partial charge in [0.15, 0.2) is 5.82 Å². The molecule has 1 aromatic heterocycles. The summed E-state index contributed by atoms with van der Waals surface area (Å²) in [5.41, 5.74) is 12.5. The highest BCUT2D eigenvalue weighted by Crippen LogP contribution is 2.14. The summed E-state index contributed by atoms with van der Waals surface area (Å²) in [5, 5.41) is 16.0. The fourth-order valence-electron chi connectivity index (χ4n) is 1.51. The minimum atomic E-state index is -0.362. The Morgan fingerprint density at radius 2 is 2.00 bits per heavy atom. The Balaban J connectivity index is 2.12. The predicted octanol–water partition coefficient (Wildman–Crippen LogP) is -0.145. The molecule has 1 amide bonds. The number of nitrogen functional groups attached to an aromatic ring is 2. The SMILES string of the molecule is CC(NC(=O)c1cc(N)cc(N)c1)c1nn[nH]n1. The molecule has 1 aromatic carbocycles. The number of carbonyl (C=O) groups is 1. The van der Waals surface area contributed by atoms with Gasteiger partial charge in [0.1, 0.15) is 0 Å². The summed E-state index contributed by atoms with van der Waals surface area (Å²) < 4.78 is 0. The molecule has 0 saturated heterocycles. The number of amides is 1. The highest BCUT2D eigenvalue weighted by Gasteiger charge is 2.15. The van der Waals surface area contributed by atoms with Gasteiger partial charge in [0.2, 0.25) is 0 Å². The number of hydrogen-bond acceptors (Lipinski definition) is 6. The molecule has 94 valence electrons. The van der Waals surface area contributed by atoms with Crippen molar-refractivity contribution in [2.24, 2.45) is 0 Å². The van der Waals surface area contributed by atoms with E-state index in [1.165, 1.54) is 0 Å². The highest BCUT2D eigenvalue weighted by molar-refractivity contribution is 5.96. The largest absolute Gasteiger partial charge is 0.399 e. The van der Waals surface area contributed by atoms with Gasteiger partial charge in [0.25, 0.3) is 5.91 Å². The molecule has 8 heteroatoms. The van der Waals surface area contributed by atoms with Crippen molar-refractivity contribution in [1.82, 2.24) is 25.9 Å². The molecule has 0 aliphatic heterocycles. The van der Waals surface area contributed by atoms with Gasteiger partial charge in [-0.3, -0.25) is 4.79 Å². The minimum absolute atomic E-state index is 0.300. The molecule has 18 heavy (non-hydrogen) atoms. The molecule has 1 heterocycles. The molecule has 2 aromatic rings. The van der Waals surface area contributed by atoms with Gasteiger partial charge in [0.05, 0.1) is 6.04 Å². The fourth-order valence-corrected chi connectivity index (χ4v) is 1.51. The molecule has 0 bridgehead atoms. The summed E-state index contributed by atoms with van der Waals surface area (Å²) >= 11 is 0. The molecule has 1 atom stereocenters. The van der Waals surface area contributed by atoms with Gasteiger partial charge in [-0.2, -0.15) is 5.21 Å². The van der Waals surface area contributed by atoms with E-state index in [1.54, 1.807) is 25.1 Å². The molecule has 1 unspecified atom stereocenters. The van der Waals surface area contributed by atoms with Crippen LogP contribution in [0.25, 0.3) is 0 Å². The summed E-state index contributed by atoms with van der Waals surface area (Å²) in [7, 11) is 0. The van der Waals surface area contributed by atoms with Crippen LogP contribution >= 0.6 is 0 Å². The van der Waals surface area contributed by atoms with Crippen LogP contribution < -0.4 is 16.8 Å². The number of carbonyl (C=O) groups excluding carboxylic acids is 1. The Labute approximate surface area is 103 Å². The van der Waals surface area contributed by atoms with E-state index >= 15 is 0 Å². The molecule has 0 spiro atoms. The lowest BCUT2D eigenvalue weighted by Crippen LogP contribution is -2.27. The highest BCUT2D eigenvalue weighted by atomic mass is 16.1. The number of anilines is 2. The van der Waals surface area contributed by atoms with Gasteiger partial charge in [-0.1, -0.05) is 5.21 Å². The first-order valence-corrected chi connectivity index (χ1v) is 5.26. The lowest BCUT2D eigenvalue weighted by Gasteiger charge is -2.10. The van der Waals surface area contributed by atoms with E-state index in [0.717, 1.165) is 0 Å². The van der Waals surface area contributed by atoms with E-state index in [2.05, 4.69) is 25.9 Å². The molecule has 0 aliphatic rings. The number of tetrazole rings is 1. The second-order valence-corrected chi connectivity index (χ2v) is 3.85. The molecule has 0 saturated carbocycles. The van der Waals surface area contributed by atoms with Gasteiger partial charge >= 0.3 is 0 Å². The zero-order valence-electron chi connectivity index (χ0n) is 9.71. The van der Waals surface area contributed by atoms with Crippen LogP contribution in [0, 0.1) is 0 Å². The molecule has 2 rings (SSSR count). The Bertz CT molecular complexity index is 531. The van der Waals surface area contributed by atoms with E-state index in [0.29, 0.717) is 22.8 Å². The van der Waals surface area contributed by atoms with Crippen molar-refractivity contribution < 1.29 is 4.79 Å². The van der Waals surface area contributed by atoms with E-state index in [-0.39, 0.29) is 11.9 Å². The number of hydrogen-bond donors (Lipinski definition) is 4. The average Bonchev–Trinajstić information content (AvgIpc) is 2.80. The Morgan fingerprint density at radius 1 is 1.33 bits per heavy atom. The maximum atomic E-state index is 11.9. The Morgan fingerprint density at radius 3 is 2.56 bits per heavy atom. The third-order valence-corrected chi connectivity index (χ3v) is 2.34. The lowest BCUT2D eigenvalue weighted by molar-refractivity contribution is 0.0938. The van der Waals surface area contributed by atoms with Crippen molar-refractivity contribution in [2.75, 3.05) is 11.5 Å². The normalized spacial score (nSPS) is 12.1. The van der Waals surface area contributed by atoms with Gasteiger partial charge in [-0.15, -0.1) is 10.2 Å². The van der Waals surface area contributed by atoms with Crippen molar-refractivity contribution in [1.29, 1.82) is 0 Å². The Hall–Kier alpha value is -2.64. The van der Waals surface area contributed by atoms with E-state index < -0.39 is 0 Å². The first-order valence-electron chi connectivity index (χ1n) is 5.26. The summed E-state index contributed by atoms with van der Waals surface area (Å²) in [6, 6.07) is 4.32. The third kappa shape index (κ3) is 2.54. The quantitative estimate of drug-likeness (QED) is 0.557. The Kier molecular flexibility index (Phi) is 3.09. The standard InChI is InChI=1S/C10H13N7O/c1-5(9-14-16-17-15-9)13-10(18)6-2-7(11)4-8(12)3-6/h2-5H,11-12H2,1H3,(H,13,18)(H,14,15,16,17). The van der Waals surface area contributed by atoms with Crippen LogP contribution in [-0.4, -0.2) is 26.5 Å². The van der Waals surface area contributed by atoms with Crippen LogP contribution in [0.4, 0.5) is 11.4 Å². The molecule has 8 nitrogen and oxygen atoms in total. The van der Waals surface area contributed by atoms with Crippen LogP contribution in [0.3, 0.4) is 0 Å². The number of nitrogens with two attached hydrogens (primary N) is 2. The second kappa shape index (κ2) is 4.70. The third-order valence-electron chi connectivity index (χ3n) is 2.34. The van der Waals surface area contributed by atoms with Crippen molar-refractivity contribution >= 4 is 17.3 Å². The van der Waals surface area contributed by atoms with Crippen LogP contribution in [-0.2, 0) is 0 Å². The van der Waals surface area contributed by atoms with Gasteiger partial charge < -0.3 is 16.8 Å². The number of rotatable bonds is 3. The number of aromatic nitrogens is 4. The van der Waals surface area contributed by atoms with Gasteiger partial charge in [-0.25, -0.2) is 0 Å². The molecule has 0 aliphatic carbocycles. The van der Waals surface area contributed by atoms with Gasteiger partial charge in [-0.05, 0) is 25.1 Å². The van der Waals surface area contributed by atoms with Gasteiger partial charge in [0, 0.05) is 16.9 Å². The molecule has 6 N–H and O–H groups in total. The van der Waals surface area contributed by atoms with E-state index in [4.69, 9.17) is 11.5 Å². The van der Waals surface area contributed by atoms with Crippen LogP contribution in [0.15, 0.2) is 18.2 Å². The van der Waals surface area contributed by atoms with Crippen molar-refractivity contribution in [2.45, 2.75) is 13.0 Å². The smallest absolute Gasteiger partial charge is 0.252 e.